The largest absolute Gasteiger partial charge is 0.298 e. The Hall–Kier alpha value is -3.77. The molecule has 0 spiro atoms. The van der Waals surface area contributed by atoms with E-state index in [1.807, 2.05) is 61.5 Å². The van der Waals surface area contributed by atoms with Crippen LogP contribution >= 0.6 is 11.6 Å². The lowest BCUT2D eigenvalue weighted by atomic mass is 10.1. The predicted octanol–water partition coefficient (Wildman–Crippen LogP) is 4.46. The molecular formula is C24H17ClN4O2. The third-order valence-electron chi connectivity index (χ3n) is 5.30. The van der Waals surface area contributed by atoms with Crippen LogP contribution in [0.15, 0.2) is 65.8 Å². The third kappa shape index (κ3) is 3.41. The molecule has 6 nitrogen and oxygen atoms in total. The summed E-state index contributed by atoms with van der Waals surface area (Å²) in [5, 5.41) is 7.07. The fraction of sp³-hybridized carbons (Fsp3) is 0.0833. The number of hydrogen-bond acceptors (Lipinski definition) is 4. The number of carbonyl (C=O) groups excluding carboxylic acids is 2. The quantitative estimate of drug-likeness (QED) is 0.296. The van der Waals surface area contributed by atoms with Gasteiger partial charge >= 0.3 is 0 Å². The molecule has 0 saturated carbocycles. The number of aromatic nitrogens is 1. The molecule has 0 atom stereocenters. The number of hydrazone groups is 1. The summed E-state index contributed by atoms with van der Waals surface area (Å²) in [6.45, 7) is 1.86. The number of nitrogens with one attached hydrogen (secondary N) is 1. The zero-order chi connectivity index (χ0) is 21.5. The third-order valence-corrected chi connectivity index (χ3v) is 5.60. The van der Waals surface area contributed by atoms with Crippen molar-refractivity contribution < 1.29 is 9.59 Å². The average molecular weight is 429 g/mol. The lowest BCUT2D eigenvalue weighted by molar-refractivity contribution is -0.119. The van der Waals surface area contributed by atoms with E-state index in [1.54, 1.807) is 6.07 Å². The van der Waals surface area contributed by atoms with E-state index >= 15 is 0 Å². The SMILES string of the molecule is Cc1ccc2cc(/C=N\NC(=O)CN3C(=O)c4cccc5cccc3c45)c(Cl)nc2c1. The van der Waals surface area contributed by atoms with Gasteiger partial charge in [0.1, 0.15) is 11.7 Å². The van der Waals surface area contributed by atoms with Gasteiger partial charge in [-0.2, -0.15) is 5.10 Å². The highest BCUT2D eigenvalue weighted by Crippen LogP contribution is 2.36. The standard InChI is InChI=1S/C24H17ClN4O2/c1-14-8-9-16-11-17(23(25)27-19(16)10-14)12-26-28-21(30)13-29-20-7-3-5-15-4-2-6-18(22(15)20)24(29)31/h2-12H,13H2,1H3,(H,28,30)/b26-12-. The maximum Gasteiger partial charge on any atom is 0.260 e. The van der Waals surface area contributed by atoms with Crippen molar-refractivity contribution in [3.8, 4) is 0 Å². The van der Waals surface area contributed by atoms with Crippen molar-refractivity contribution >= 4 is 57.0 Å². The van der Waals surface area contributed by atoms with Crippen LogP contribution in [0.2, 0.25) is 5.15 Å². The number of rotatable bonds is 4. The van der Waals surface area contributed by atoms with E-state index in [2.05, 4.69) is 15.5 Å². The predicted molar refractivity (Wildman–Crippen MR) is 123 cm³/mol. The number of benzene rings is 3. The van der Waals surface area contributed by atoms with Gasteiger partial charge < -0.3 is 0 Å². The summed E-state index contributed by atoms with van der Waals surface area (Å²) in [6, 6.07) is 19.0. The zero-order valence-electron chi connectivity index (χ0n) is 16.6. The number of pyridine rings is 1. The van der Waals surface area contributed by atoms with Gasteiger partial charge in [0, 0.05) is 21.9 Å². The molecule has 0 bridgehead atoms. The lowest BCUT2D eigenvalue weighted by Crippen LogP contribution is -2.37. The molecule has 5 rings (SSSR count). The van der Waals surface area contributed by atoms with Crippen molar-refractivity contribution in [2.45, 2.75) is 6.92 Å². The highest BCUT2D eigenvalue weighted by Gasteiger charge is 2.30. The van der Waals surface area contributed by atoms with E-state index in [9.17, 15) is 9.59 Å². The summed E-state index contributed by atoms with van der Waals surface area (Å²) < 4.78 is 0. The molecule has 3 aromatic carbocycles. The zero-order valence-corrected chi connectivity index (χ0v) is 17.3. The second kappa shape index (κ2) is 7.49. The Balaban J connectivity index is 1.32. The molecule has 1 N–H and O–H groups in total. The number of hydrogen-bond donors (Lipinski definition) is 1. The van der Waals surface area contributed by atoms with Crippen molar-refractivity contribution in [2.75, 3.05) is 11.4 Å². The molecule has 0 radical (unpaired) electrons. The number of fused-ring (bicyclic) bond motifs is 1. The number of carbonyl (C=O) groups is 2. The normalized spacial score (nSPS) is 13.0. The fourth-order valence-electron chi connectivity index (χ4n) is 3.85. The summed E-state index contributed by atoms with van der Waals surface area (Å²) in [5.41, 5.74) is 6.29. The van der Waals surface area contributed by atoms with Gasteiger partial charge in [-0.15, -0.1) is 0 Å². The topological polar surface area (TPSA) is 74.7 Å². The molecule has 0 saturated heterocycles. The van der Waals surface area contributed by atoms with E-state index in [0.29, 0.717) is 16.3 Å². The van der Waals surface area contributed by atoms with Crippen molar-refractivity contribution in [3.05, 3.63) is 82.5 Å². The first-order valence-corrected chi connectivity index (χ1v) is 10.1. The Bertz CT molecular complexity index is 1410. The van der Waals surface area contributed by atoms with E-state index in [0.717, 1.165) is 32.9 Å². The van der Waals surface area contributed by atoms with E-state index in [-0.39, 0.29) is 12.5 Å². The van der Waals surface area contributed by atoms with Crippen LogP contribution in [-0.2, 0) is 4.79 Å². The molecule has 7 heteroatoms. The molecule has 1 aliphatic heterocycles. The monoisotopic (exact) mass is 428 g/mol. The molecule has 152 valence electrons. The van der Waals surface area contributed by atoms with Crippen LogP contribution in [0.3, 0.4) is 0 Å². The van der Waals surface area contributed by atoms with E-state index in [4.69, 9.17) is 11.6 Å². The molecule has 0 unspecified atom stereocenters. The van der Waals surface area contributed by atoms with E-state index in [1.165, 1.54) is 11.1 Å². The van der Waals surface area contributed by atoms with Gasteiger partial charge in [0.15, 0.2) is 0 Å². The Labute approximate surface area is 183 Å². The van der Waals surface area contributed by atoms with Gasteiger partial charge in [-0.05, 0) is 42.1 Å². The van der Waals surface area contributed by atoms with Gasteiger partial charge in [0.25, 0.3) is 11.8 Å². The van der Waals surface area contributed by atoms with Crippen molar-refractivity contribution in [2.24, 2.45) is 5.10 Å². The maximum absolute atomic E-state index is 12.8. The van der Waals surface area contributed by atoms with Gasteiger partial charge in [-0.3, -0.25) is 14.5 Å². The molecule has 0 aliphatic carbocycles. The Morgan fingerprint density at radius 1 is 1.13 bits per heavy atom. The van der Waals surface area contributed by atoms with Crippen LogP contribution in [-0.4, -0.2) is 29.6 Å². The van der Waals surface area contributed by atoms with Crippen molar-refractivity contribution in [1.82, 2.24) is 10.4 Å². The fourth-order valence-corrected chi connectivity index (χ4v) is 4.04. The summed E-state index contributed by atoms with van der Waals surface area (Å²) >= 11 is 6.26. The molecule has 31 heavy (non-hydrogen) atoms. The number of halogens is 1. The van der Waals surface area contributed by atoms with Crippen LogP contribution in [0.25, 0.3) is 21.7 Å². The highest BCUT2D eigenvalue weighted by atomic mass is 35.5. The van der Waals surface area contributed by atoms with Gasteiger partial charge in [0.05, 0.1) is 17.4 Å². The van der Waals surface area contributed by atoms with Crippen LogP contribution in [0.4, 0.5) is 5.69 Å². The maximum atomic E-state index is 12.8. The molecule has 2 amide bonds. The van der Waals surface area contributed by atoms with Crippen molar-refractivity contribution in [1.29, 1.82) is 0 Å². The van der Waals surface area contributed by atoms with Gasteiger partial charge in [-0.25, -0.2) is 10.4 Å². The summed E-state index contributed by atoms with van der Waals surface area (Å²) in [4.78, 5) is 31.1. The minimum absolute atomic E-state index is 0.132. The van der Waals surface area contributed by atoms with Crippen molar-refractivity contribution in [3.63, 3.8) is 0 Å². The summed E-state index contributed by atoms with van der Waals surface area (Å²) in [7, 11) is 0. The first-order chi connectivity index (χ1) is 15.0. The van der Waals surface area contributed by atoms with Crippen LogP contribution < -0.4 is 10.3 Å². The molecule has 1 aliphatic rings. The van der Waals surface area contributed by atoms with Gasteiger partial charge in [-0.1, -0.05) is 48.0 Å². The number of anilines is 1. The molecular weight excluding hydrogens is 412 g/mol. The number of aryl methyl sites for hydroxylation is 1. The van der Waals surface area contributed by atoms with Crippen LogP contribution in [0.5, 0.6) is 0 Å². The Kier molecular flexibility index (Phi) is 4.64. The first kappa shape index (κ1) is 19.2. The smallest absolute Gasteiger partial charge is 0.260 e. The van der Waals surface area contributed by atoms with Crippen LogP contribution in [0, 0.1) is 6.92 Å². The second-order valence-electron chi connectivity index (χ2n) is 7.43. The van der Waals surface area contributed by atoms with Crippen LogP contribution in [0.1, 0.15) is 21.5 Å². The lowest BCUT2D eigenvalue weighted by Gasteiger charge is -2.16. The number of amides is 2. The van der Waals surface area contributed by atoms with E-state index < -0.39 is 5.91 Å². The summed E-state index contributed by atoms with van der Waals surface area (Å²) in [5.74, 6) is -0.599. The minimum Gasteiger partial charge on any atom is -0.298 e. The Morgan fingerprint density at radius 2 is 1.94 bits per heavy atom. The minimum atomic E-state index is -0.407. The summed E-state index contributed by atoms with van der Waals surface area (Å²) in [6.07, 6.45) is 1.45. The second-order valence-corrected chi connectivity index (χ2v) is 7.79. The Morgan fingerprint density at radius 3 is 2.77 bits per heavy atom. The number of nitrogens with zero attached hydrogens (tertiary/aromatic N) is 3. The average Bonchev–Trinajstić information content (AvgIpc) is 3.02. The molecule has 4 aromatic rings. The molecule has 2 heterocycles. The highest BCUT2D eigenvalue weighted by molar-refractivity contribution is 6.32. The first-order valence-electron chi connectivity index (χ1n) is 9.74. The molecule has 0 fully saturated rings. The molecule has 1 aromatic heterocycles. The van der Waals surface area contributed by atoms with Gasteiger partial charge in [0.2, 0.25) is 0 Å².